The van der Waals surface area contributed by atoms with Crippen LogP contribution in [0.2, 0.25) is 0 Å². The third-order valence-electron chi connectivity index (χ3n) is 4.66. The average molecular weight is 430 g/mol. The molecule has 0 bridgehead atoms. The number of para-hydroxylation sites is 1. The molecule has 9 heteroatoms. The number of rotatable bonds is 7. The number of aromatic nitrogens is 4. The van der Waals surface area contributed by atoms with Crippen LogP contribution in [-0.4, -0.2) is 39.6 Å². The second-order valence-electron chi connectivity index (χ2n) is 6.83. The van der Waals surface area contributed by atoms with E-state index < -0.39 is 0 Å². The van der Waals surface area contributed by atoms with Crippen molar-refractivity contribution in [2.45, 2.75) is 6.92 Å². The molecule has 4 aromatic rings. The summed E-state index contributed by atoms with van der Waals surface area (Å²) in [5.41, 5.74) is 1.84. The molecule has 0 saturated carbocycles. The second-order valence-corrected chi connectivity index (χ2v) is 6.83. The molecule has 9 nitrogen and oxygen atoms in total. The van der Waals surface area contributed by atoms with Crippen LogP contribution in [0, 0.1) is 6.92 Å². The lowest BCUT2D eigenvalue weighted by atomic mass is 10.1. The molecule has 4 rings (SSSR count). The Bertz CT molecular complexity index is 1220. The third kappa shape index (κ3) is 4.51. The van der Waals surface area contributed by atoms with E-state index in [1.807, 2.05) is 35.9 Å². The van der Waals surface area contributed by atoms with Gasteiger partial charge in [0.25, 0.3) is 5.91 Å². The van der Waals surface area contributed by atoms with E-state index in [9.17, 15) is 4.79 Å². The summed E-state index contributed by atoms with van der Waals surface area (Å²) in [6.45, 7) is 1.83. The molecule has 32 heavy (non-hydrogen) atoms. The van der Waals surface area contributed by atoms with Gasteiger partial charge in [-0.3, -0.25) is 9.36 Å². The summed E-state index contributed by atoms with van der Waals surface area (Å²) in [6, 6.07) is 14.3. The van der Waals surface area contributed by atoms with Crippen LogP contribution in [0.15, 0.2) is 67.3 Å². The highest BCUT2D eigenvalue weighted by Crippen LogP contribution is 2.31. The van der Waals surface area contributed by atoms with Gasteiger partial charge < -0.3 is 20.1 Å². The van der Waals surface area contributed by atoms with E-state index in [-0.39, 0.29) is 5.91 Å². The molecule has 0 atom stereocenters. The summed E-state index contributed by atoms with van der Waals surface area (Å²) in [5.74, 6) is 2.59. The van der Waals surface area contributed by atoms with Crippen LogP contribution >= 0.6 is 0 Å². The van der Waals surface area contributed by atoms with Gasteiger partial charge in [0, 0.05) is 29.8 Å². The maximum atomic E-state index is 12.7. The zero-order valence-corrected chi connectivity index (χ0v) is 17.9. The quantitative estimate of drug-likeness (QED) is 0.457. The standard InChI is InChI=1S/C23H22N6O3/c1-15-25-20(13-21(26-15)29-12-11-24-14-29)27-16-7-9-17(10-8-16)28-23(30)18-5-4-6-19(31-2)22(18)32-3/h4-14H,1-3H3,(H,28,30)(H,25,26,27). The lowest BCUT2D eigenvalue weighted by molar-refractivity contribution is 0.102. The van der Waals surface area contributed by atoms with Gasteiger partial charge in [-0.1, -0.05) is 6.07 Å². The number of carbonyl (C=O) groups is 1. The zero-order chi connectivity index (χ0) is 22.5. The molecular formula is C23H22N6O3. The fourth-order valence-corrected chi connectivity index (χ4v) is 3.19. The molecule has 0 radical (unpaired) electrons. The minimum Gasteiger partial charge on any atom is -0.493 e. The Morgan fingerprint density at radius 1 is 1.00 bits per heavy atom. The van der Waals surface area contributed by atoms with Crippen LogP contribution in [0.25, 0.3) is 5.82 Å². The van der Waals surface area contributed by atoms with Crippen molar-refractivity contribution in [2.24, 2.45) is 0 Å². The third-order valence-corrected chi connectivity index (χ3v) is 4.66. The number of methoxy groups -OCH3 is 2. The van der Waals surface area contributed by atoms with Gasteiger partial charge >= 0.3 is 0 Å². The number of nitrogens with one attached hydrogen (secondary N) is 2. The molecule has 0 spiro atoms. The summed E-state index contributed by atoms with van der Waals surface area (Å²) < 4.78 is 12.4. The summed E-state index contributed by atoms with van der Waals surface area (Å²) in [4.78, 5) is 25.6. The van der Waals surface area contributed by atoms with Gasteiger partial charge in [0.1, 0.15) is 23.8 Å². The zero-order valence-electron chi connectivity index (χ0n) is 17.9. The molecule has 2 aromatic carbocycles. The second kappa shape index (κ2) is 9.17. The number of aryl methyl sites for hydroxylation is 1. The van der Waals surface area contributed by atoms with Gasteiger partial charge in [0.15, 0.2) is 11.5 Å². The first kappa shape index (κ1) is 20.9. The van der Waals surface area contributed by atoms with Gasteiger partial charge in [0.2, 0.25) is 0 Å². The van der Waals surface area contributed by atoms with Gasteiger partial charge in [-0.05, 0) is 43.3 Å². The van der Waals surface area contributed by atoms with E-state index in [0.717, 1.165) is 5.69 Å². The number of hydrogen-bond donors (Lipinski definition) is 2. The molecule has 0 aliphatic carbocycles. The number of anilines is 3. The van der Waals surface area contributed by atoms with E-state index in [1.165, 1.54) is 14.2 Å². The van der Waals surface area contributed by atoms with Gasteiger partial charge in [-0.15, -0.1) is 0 Å². The maximum Gasteiger partial charge on any atom is 0.259 e. The Kier molecular flexibility index (Phi) is 5.98. The highest BCUT2D eigenvalue weighted by molar-refractivity contribution is 6.06. The van der Waals surface area contributed by atoms with Crippen molar-refractivity contribution in [3.8, 4) is 17.3 Å². The molecule has 0 aliphatic heterocycles. The first-order valence-corrected chi connectivity index (χ1v) is 9.81. The number of benzene rings is 2. The van der Waals surface area contributed by atoms with E-state index in [0.29, 0.717) is 40.2 Å². The number of hydrogen-bond acceptors (Lipinski definition) is 7. The van der Waals surface area contributed by atoms with Gasteiger partial charge in [-0.2, -0.15) is 0 Å². The molecule has 0 unspecified atom stereocenters. The predicted molar refractivity (Wildman–Crippen MR) is 121 cm³/mol. The van der Waals surface area contributed by atoms with E-state index in [1.54, 1.807) is 42.9 Å². The van der Waals surface area contributed by atoms with Crippen LogP contribution in [-0.2, 0) is 0 Å². The van der Waals surface area contributed by atoms with Crippen LogP contribution in [0.1, 0.15) is 16.2 Å². The Hall–Kier alpha value is -4.40. The Labute approximate surface area is 185 Å². The molecule has 0 fully saturated rings. The van der Waals surface area contributed by atoms with Crippen LogP contribution in [0.4, 0.5) is 17.2 Å². The van der Waals surface area contributed by atoms with Crippen LogP contribution in [0.5, 0.6) is 11.5 Å². The summed E-state index contributed by atoms with van der Waals surface area (Å²) in [5, 5.41) is 6.13. The number of carbonyl (C=O) groups excluding carboxylic acids is 1. The average Bonchev–Trinajstić information content (AvgIpc) is 3.34. The lowest BCUT2D eigenvalue weighted by Crippen LogP contribution is -2.13. The van der Waals surface area contributed by atoms with Crippen molar-refractivity contribution in [3.63, 3.8) is 0 Å². The van der Waals surface area contributed by atoms with Crippen molar-refractivity contribution in [1.82, 2.24) is 19.5 Å². The van der Waals surface area contributed by atoms with Crippen LogP contribution in [0.3, 0.4) is 0 Å². The smallest absolute Gasteiger partial charge is 0.259 e. The Morgan fingerprint density at radius 3 is 2.47 bits per heavy atom. The summed E-state index contributed by atoms with van der Waals surface area (Å²) in [7, 11) is 3.03. The molecular weight excluding hydrogens is 408 g/mol. The molecule has 2 aromatic heterocycles. The molecule has 0 saturated heterocycles. The Balaban J connectivity index is 1.48. The number of imidazole rings is 1. The highest BCUT2D eigenvalue weighted by atomic mass is 16.5. The fourth-order valence-electron chi connectivity index (χ4n) is 3.19. The molecule has 2 heterocycles. The van der Waals surface area contributed by atoms with Crippen molar-refractivity contribution < 1.29 is 14.3 Å². The summed E-state index contributed by atoms with van der Waals surface area (Å²) in [6.07, 6.45) is 5.19. The molecule has 2 N–H and O–H groups in total. The summed E-state index contributed by atoms with van der Waals surface area (Å²) >= 11 is 0. The minimum absolute atomic E-state index is 0.294. The largest absolute Gasteiger partial charge is 0.493 e. The van der Waals surface area contributed by atoms with Crippen molar-refractivity contribution in [3.05, 3.63) is 78.6 Å². The predicted octanol–water partition coefficient (Wildman–Crippen LogP) is 3.98. The first-order chi connectivity index (χ1) is 15.6. The van der Waals surface area contributed by atoms with Gasteiger partial charge in [0.05, 0.1) is 19.8 Å². The van der Waals surface area contributed by atoms with E-state index in [4.69, 9.17) is 9.47 Å². The minimum atomic E-state index is -0.294. The Morgan fingerprint density at radius 2 is 1.78 bits per heavy atom. The number of nitrogens with zero attached hydrogens (tertiary/aromatic N) is 4. The fraction of sp³-hybridized carbons (Fsp3) is 0.130. The van der Waals surface area contributed by atoms with E-state index >= 15 is 0 Å². The van der Waals surface area contributed by atoms with Crippen molar-refractivity contribution in [1.29, 1.82) is 0 Å². The number of amides is 1. The molecule has 0 aliphatic rings. The first-order valence-electron chi connectivity index (χ1n) is 9.81. The maximum absolute atomic E-state index is 12.7. The highest BCUT2D eigenvalue weighted by Gasteiger charge is 2.16. The topological polar surface area (TPSA) is 103 Å². The van der Waals surface area contributed by atoms with E-state index in [2.05, 4.69) is 25.6 Å². The number of ether oxygens (including phenoxy) is 2. The SMILES string of the molecule is COc1cccc(C(=O)Nc2ccc(Nc3cc(-n4ccnc4)nc(C)n3)cc2)c1OC. The van der Waals surface area contributed by atoms with Gasteiger partial charge in [-0.25, -0.2) is 15.0 Å². The normalized spacial score (nSPS) is 10.5. The molecule has 1 amide bonds. The van der Waals surface area contributed by atoms with Crippen LogP contribution < -0.4 is 20.1 Å². The molecule has 162 valence electrons. The van der Waals surface area contributed by atoms with Crippen molar-refractivity contribution >= 4 is 23.1 Å². The monoisotopic (exact) mass is 430 g/mol. The van der Waals surface area contributed by atoms with Crippen molar-refractivity contribution in [2.75, 3.05) is 24.9 Å². The lowest BCUT2D eigenvalue weighted by Gasteiger charge is -2.13.